The number of nitrogens with two attached hydrogens (primary N) is 3. The first-order valence-electron chi connectivity index (χ1n) is 9.72. The van der Waals surface area contributed by atoms with Crippen LogP contribution in [0.5, 0.6) is 5.75 Å². The zero-order valence-corrected chi connectivity index (χ0v) is 17.2. The molecule has 2 bridgehead atoms. The molecule has 0 aliphatic carbocycles. The molecule has 0 saturated heterocycles. The molecule has 7 nitrogen and oxygen atoms in total. The van der Waals surface area contributed by atoms with Crippen LogP contribution >= 0.6 is 0 Å². The summed E-state index contributed by atoms with van der Waals surface area (Å²) >= 11 is 0. The first-order chi connectivity index (χ1) is 14.5. The molecular formula is C22H27FN6O. The smallest absolute Gasteiger partial charge is 0.166 e. The summed E-state index contributed by atoms with van der Waals surface area (Å²) in [5.74, 6) is 0.286. The molecule has 1 aromatic carbocycles. The van der Waals surface area contributed by atoms with Crippen LogP contribution in [-0.2, 0) is 6.61 Å². The Hall–Kier alpha value is -3.39. The molecule has 0 radical (unpaired) electrons. The van der Waals surface area contributed by atoms with E-state index in [9.17, 15) is 4.39 Å². The Morgan fingerprint density at radius 2 is 2.10 bits per heavy atom. The van der Waals surface area contributed by atoms with Crippen LogP contribution in [-0.4, -0.2) is 31.3 Å². The highest BCUT2D eigenvalue weighted by atomic mass is 19.1. The molecule has 0 amide bonds. The number of aliphatic imine (C=N–C) groups is 1. The Kier molecular flexibility index (Phi) is 6.68. The molecule has 0 atom stereocenters. The van der Waals surface area contributed by atoms with E-state index in [-0.39, 0.29) is 18.2 Å². The number of hydrogen-bond donors (Lipinski definition) is 4. The molecule has 0 spiro atoms. The van der Waals surface area contributed by atoms with Gasteiger partial charge in [0.15, 0.2) is 11.6 Å². The Bertz CT molecular complexity index is 1030. The number of hydrogen-bond acceptors (Lipinski definition) is 7. The van der Waals surface area contributed by atoms with Gasteiger partial charge in [-0.05, 0) is 42.3 Å². The Labute approximate surface area is 175 Å². The van der Waals surface area contributed by atoms with E-state index >= 15 is 0 Å². The molecule has 1 aromatic heterocycles. The van der Waals surface area contributed by atoms with Gasteiger partial charge in [0, 0.05) is 67.1 Å². The van der Waals surface area contributed by atoms with E-state index < -0.39 is 0 Å². The van der Waals surface area contributed by atoms with Crippen LogP contribution in [0.25, 0.3) is 11.4 Å². The number of pyridine rings is 1. The third-order valence-corrected chi connectivity index (χ3v) is 4.90. The van der Waals surface area contributed by atoms with Crippen LogP contribution < -0.4 is 27.3 Å². The Morgan fingerprint density at radius 3 is 2.80 bits per heavy atom. The highest BCUT2D eigenvalue weighted by Crippen LogP contribution is 2.31. The number of allylic oxidation sites excluding steroid dienone is 1. The van der Waals surface area contributed by atoms with Gasteiger partial charge in [-0.1, -0.05) is 0 Å². The van der Waals surface area contributed by atoms with Crippen molar-refractivity contribution >= 4 is 23.4 Å². The minimum atomic E-state index is -0.375. The molecule has 30 heavy (non-hydrogen) atoms. The number of ether oxygens (including phenoxy) is 1. The van der Waals surface area contributed by atoms with Crippen LogP contribution in [0.15, 0.2) is 46.6 Å². The summed E-state index contributed by atoms with van der Waals surface area (Å²) in [7, 11) is 1.68. The summed E-state index contributed by atoms with van der Waals surface area (Å²) in [6, 6.07) is 6.25. The predicted octanol–water partition coefficient (Wildman–Crippen LogP) is 2.44. The number of aromatic nitrogens is 1. The van der Waals surface area contributed by atoms with Crippen molar-refractivity contribution in [2.45, 2.75) is 20.0 Å². The maximum Gasteiger partial charge on any atom is 0.166 e. The molecule has 0 fully saturated rings. The summed E-state index contributed by atoms with van der Waals surface area (Å²) in [4.78, 5) is 8.44. The van der Waals surface area contributed by atoms with E-state index in [2.05, 4.69) is 15.3 Å². The fourth-order valence-electron chi connectivity index (χ4n) is 3.45. The van der Waals surface area contributed by atoms with E-state index in [0.717, 1.165) is 22.4 Å². The number of nitrogen functional groups attached to an aromatic ring is 1. The fourth-order valence-corrected chi connectivity index (χ4v) is 3.45. The van der Waals surface area contributed by atoms with Gasteiger partial charge in [-0.3, -0.25) is 4.99 Å². The summed E-state index contributed by atoms with van der Waals surface area (Å²) < 4.78 is 19.9. The monoisotopic (exact) mass is 410 g/mol. The number of rotatable bonds is 4. The van der Waals surface area contributed by atoms with E-state index in [1.165, 1.54) is 12.1 Å². The van der Waals surface area contributed by atoms with Gasteiger partial charge in [0.1, 0.15) is 12.4 Å². The SMILES string of the molecule is CCN/C1=C(\CN)CC(C=NC)=C(N)c2ccc(F)cc2COc2cc1cnc2N. The number of nitrogens with one attached hydrogen (secondary N) is 1. The van der Waals surface area contributed by atoms with Crippen molar-refractivity contribution < 1.29 is 9.13 Å². The van der Waals surface area contributed by atoms with Crippen LogP contribution in [0.4, 0.5) is 10.2 Å². The lowest BCUT2D eigenvalue weighted by atomic mass is 9.95. The quantitative estimate of drug-likeness (QED) is 0.574. The Morgan fingerprint density at radius 1 is 1.30 bits per heavy atom. The highest BCUT2D eigenvalue weighted by molar-refractivity contribution is 5.91. The topological polar surface area (TPSA) is 125 Å². The maximum absolute atomic E-state index is 14.0. The van der Waals surface area contributed by atoms with E-state index in [1.807, 2.05) is 13.0 Å². The molecular weight excluding hydrogens is 383 g/mol. The maximum atomic E-state index is 14.0. The minimum absolute atomic E-state index is 0.0870. The molecule has 8 heteroatoms. The average Bonchev–Trinajstić information content (AvgIpc) is 2.74. The molecule has 2 heterocycles. The van der Waals surface area contributed by atoms with Crippen molar-refractivity contribution in [3.63, 3.8) is 0 Å². The molecule has 3 rings (SSSR count). The normalized spacial score (nSPS) is 17.2. The molecule has 2 aromatic rings. The van der Waals surface area contributed by atoms with E-state index in [1.54, 1.807) is 25.5 Å². The fraction of sp³-hybridized carbons (Fsp3) is 0.273. The molecule has 1 aliphatic rings. The standard InChI is InChI=1S/C22H27FN6O/c1-3-28-21-13(9-24)6-14(10-27-2)20(25)18-5-4-17(23)7-16(18)12-30-19-8-15(21)11-29-22(19)26/h4-5,7-8,10-11,28H,3,6,9,12,24-25H2,1-2H3,(H2,26,29)/b20-14?,21-13-,27-10?. The van der Waals surface area contributed by atoms with Gasteiger partial charge in [-0.2, -0.15) is 0 Å². The van der Waals surface area contributed by atoms with Gasteiger partial charge in [0.05, 0.1) is 0 Å². The zero-order valence-electron chi connectivity index (χ0n) is 17.2. The van der Waals surface area contributed by atoms with Gasteiger partial charge in [-0.15, -0.1) is 0 Å². The van der Waals surface area contributed by atoms with Crippen molar-refractivity contribution in [3.8, 4) is 5.75 Å². The second-order valence-electron chi connectivity index (χ2n) is 6.91. The summed E-state index contributed by atoms with van der Waals surface area (Å²) in [6.45, 7) is 3.08. The first-order valence-corrected chi connectivity index (χ1v) is 9.72. The highest BCUT2D eigenvalue weighted by Gasteiger charge is 2.18. The summed E-state index contributed by atoms with van der Waals surface area (Å²) in [6.07, 6.45) is 3.86. The van der Waals surface area contributed by atoms with Crippen molar-refractivity contribution in [2.75, 3.05) is 25.9 Å². The minimum Gasteiger partial charge on any atom is -0.485 e. The van der Waals surface area contributed by atoms with Crippen molar-refractivity contribution in [3.05, 3.63) is 64.1 Å². The number of anilines is 1. The van der Waals surface area contributed by atoms with E-state index in [4.69, 9.17) is 21.9 Å². The molecule has 7 N–H and O–H groups in total. The number of nitrogens with zero attached hydrogens (tertiary/aromatic N) is 2. The van der Waals surface area contributed by atoms with Gasteiger partial charge in [-0.25, -0.2) is 9.37 Å². The number of fused-ring (bicyclic) bond motifs is 3. The lowest BCUT2D eigenvalue weighted by Gasteiger charge is -2.21. The van der Waals surface area contributed by atoms with Gasteiger partial charge >= 0.3 is 0 Å². The number of halogens is 1. The van der Waals surface area contributed by atoms with Gasteiger partial charge < -0.3 is 27.3 Å². The number of benzene rings is 1. The third-order valence-electron chi connectivity index (χ3n) is 4.90. The summed E-state index contributed by atoms with van der Waals surface area (Å²) in [5, 5.41) is 3.38. The van der Waals surface area contributed by atoms with Crippen LogP contribution in [0, 0.1) is 5.82 Å². The van der Waals surface area contributed by atoms with Crippen LogP contribution in [0.1, 0.15) is 30.0 Å². The zero-order chi connectivity index (χ0) is 21.7. The van der Waals surface area contributed by atoms with Crippen molar-refractivity contribution in [2.24, 2.45) is 16.5 Å². The van der Waals surface area contributed by atoms with Crippen molar-refractivity contribution in [1.29, 1.82) is 0 Å². The van der Waals surface area contributed by atoms with Gasteiger partial charge in [0.2, 0.25) is 0 Å². The molecule has 0 saturated carbocycles. The molecule has 0 unspecified atom stereocenters. The van der Waals surface area contributed by atoms with Crippen LogP contribution in [0.3, 0.4) is 0 Å². The van der Waals surface area contributed by atoms with E-state index in [0.29, 0.717) is 42.1 Å². The molecule has 1 aliphatic heterocycles. The third kappa shape index (κ3) is 4.44. The predicted molar refractivity (Wildman–Crippen MR) is 119 cm³/mol. The lowest BCUT2D eigenvalue weighted by molar-refractivity contribution is 0.306. The first kappa shape index (κ1) is 21.3. The average molecular weight is 410 g/mol. The van der Waals surface area contributed by atoms with Crippen molar-refractivity contribution in [1.82, 2.24) is 10.3 Å². The molecule has 158 valence electrons. The largest absolute Gasteiger partial charge is 0.485 e. The Balaban J connectivity index is 2.30. The summed E-state index contributed by atoms with van der Waals surface area (Å²) in [5.41, 5.74) is 23.8. The lowest BCUT2D eigenvalue weighted by Crippen LogP contribution is -2.19. The van der Waals surface area contributed by atoms with Gasteiger partial charge in [0.25, 0.3) is 0 Å². The second-order valence-corrected chi connectivity index (χ2v) is 6.91. The van der Waals surface area contributed by atoms with Crippen LogP contribution in [0.2, 0.25) is 0 Å². The second kappa shape index (κ2) is 9.41.